The number of amides is 1. The molecule has 1 amide bonds. The molecule has 40 heavy (non-hydrogen) atoms. The van der Waals surface area contributed by atoms with Crippen molar-refractivity contribution in [3.05, 3.63) is 124 Å². The highest BCUT2D eigenvalue weighted by molar-refractivity contribution is 6.09. The maximum absolute atomic E-state index is 13.7. The molecule has 0 bridgehead atoms. The van der Waals surface area contributed by atoms with E-state index < -0.39 is 10.8 Å². The average Bonchev–Trinajstić information content (AvgIpc) is 3.32. The van der Waals surface area contributed by atoms with Crippen molar-refractivity contribution < 1.29 is 19.2 Å². The minimum Gasteiger partial charge on any atom is -0.494 e. The van der Waals surface area contributed by atoms with Crippen LogP contribution >= 0.6 is 0 Å². The number of anilines is 1. The Hall–Kier alpha value is -5.44. The number of nitrogens with one attached hydrogen (secondary N) is 1. The van der Waals surface area contributed by atoms with Crippen LogP contribution < -0.4 is 14.8 Å². The number of para-hydroxylation sites is 1. The second-order valence-electron chi connectivity index (χ2n) is 8.86. The summed E-state index contributed by atoms with van der Waals surface area (Å²) in [4.78, 5) is 24.9. The Balaban J connectivity index is 1.50. The smallest absolute Gasteiger partial charge is 0.275 e. The van der Waals surface area contributed by atoms with Crippen molar-refractivity contribution in [2.45, 2.75) is 13.8 Å². The van der Waals surface area contributed by atoms with Gasteiger partial charge in [-0.1, -0.05) is 48.5 Å². The standard InChI is InChI=1S/C31H26N4O5/c1-3-39-26-14-16-27(17-15-26)40-28-19-23(18-25(20-28)35(37)38)32-31(36)29-21(2)34(24-12-8-5-9-13-24)33-30(29)22-10-6-4-7-11-22/h4-20H,3H2,1-2H3,(H,32,36). The fourth-order valence-corrected chi connectivity index (χ4v) is 4.31. The van der Waals surface area contributed by atoms with E-state index in [0.717, 1.165) is 11.3 Å². The van der Waals surface area contributed by atoms with Crippen LogP contribution in [0.2, 0.25) is 0 Å². The van der Waals surface area contributed by atoms with Crippen LogP contribution in [0.25, 0.3) is 16.9 Å². The molecule has 9 nitrogen and oxygen atoms in total. The number of nitro groups is 1. The van der Waals surface area contributed by atoms with Gasteiger partial charge in [-0.05, 0) is 50.2 Å². The Kier molecular flexibility index (Phi) is 7.54. The molecule has 0 spiro atoms. The number of hydrogen-bond acceptors (Lipinski definition) is 6. The van der Waals surface area contributed by atoms with Gasteiger partial charge in [0, 0.05) is 17.7 Å². The fourth-order valence-electron chi connectivity index (χ4n) is 4.31. The lowest BCUT2D eigenvalue weighted by molar-refractivity contribution is -0.384. The summed E-state index contributed by atoms with van der Waals surface area (Å²) in [5.41, 5.74) is 3.04. The molecule has 1 aromatic heterocycles. The molecule has 1 heterocycles. The third kappa shape index (κ3) is 5.68. The Morgan fingerprint density at radius 1 is 0.900 bits per heavy atom. The van der Waals surface area contributed by atoms with Crippen LogP contribution in [0.3, 0.4) is 0 Å². The van der Waals surface area contributed by atoms with E-state index in [1.807, 2.05) is 74.5 Å². The molecule has 4 aromatic carbocycles. The van der Waals surface area contributed by atoms with Crippen molar-refractivity contribution in [3.8, 4) is 34.2 Å². The minimum absolute atomic E-state index is 0.202. The molecule has 200 valence electrons. The molecule has 5 aromatic rings. The average molecular weight is 535 g/mol. The van der Waals surface area contributed by atoms with Crippen molar-refractivity contribution in [2.75, 3.05) is 11.9 Å². The molecule has 0 aliphatic carbocycles. The van der Waals surface area contributed by atoms with E-state index >= 15 is 0 Å². The second-order valence-corrected chi connectivity index (χ2v) is 8.86. The highest BCUT2D eigenvalue weighted by Crippen LogP contribution is 2.32. The summed E-state index contributed by atoms with van der Waals surface area (Å²) in [6.07, 6.45) is 0. The summed E-state index contributed by atoms with van der Waals surface area (Å²) in [6, 6.07) is 29.9. The zero-order valence-corrected chi connectivity index (χ0v) is 21.9. The number of non-ortho nitro benzene ring substituents is 1. The summed E-state index contributed by atoms with van der Waals surface area (Å²) < 4.78 is 13.0. The van der Waals surface area contributed by atoms with Crippen molar-refractivity contribution in [1.29, 1.82) is 0 Å². The number of carbonyl (C=O) groups excluding carboxylic acids is 1. The van der Waals surface area contributed by atoms with Gasteiger partial charge in [-0.25, -0.2) is 4.68 Å². The number of ether oxygens (including phenoxy) is 2. The Bertz CT molecular complexity index is 1650. The molecule has 0 aliphatic rings. The predicted molar refractivity (Wildman–Crippen MR) is 152 cm³/mol. The quantitative estimate of drug-likeness (QED) is 0.158. The number of aromatic nitrogens is 2. The van der Waals surface area contributed by atoms with Gasteiger partial charge in [-0.3, -0.25) is 14.9 Å². The maximum Gasteiger partial charge on any atom is 0.275 e. The number of benzene rings is 4. The third-order valence-corrected chi connectivity index (χ3v) is 6.12. The molecular formula is C31H26N4O5. The molecule has 0 aliphatic heterocycles. The number of nitrogens with zero attached hydrogens (tertiary/aromatic N) is 3. The molecule has 0 saturated carbocycles. The molecule has 1 N–H and O–H groups in total. The van der Waals surface area contributed by atoms with Gasteiger partial charge < -0.3 is 14.8 Å². The van der Waals surface area contributed by atoms with Gasteiger partial charge in [0.25, 0.3) is 11.6 Å². The van der Waals surface area contributed by atoms with Crippen LogP contribution in [-0.4, -0.2) is 27.2 Å². The highest BCUT2D eigenvalue weighted by Gasteiger charge is 2.24. The molecule has 9 heteroatoms. The van der Waals surface area contributed by atoms with E-state index in [4.69, 9.17) is 14.6 Å². The van der Waals surface area contributed by atoms with E-state index in [-0.39, 0.29) is 17.1 Å². The normalized spacial score (nSPS) is 10.7. The molecule has 0 atom stereocenters. The first-order chi connectivity index (χ1) is 19.4. The van der Waals surface area contributed by atoms with Crippen molar-refractivity contribution in [2.24, 2.45) is 0 Å². The molecular weight excluding hydrogens is 508 g/mol. The Morgan fingerprint density at radius 3 is 2.20 bits per heavy atom. The highest BCUT2D eigenvalue weighted by atomic mass is 16.6. The van der Waals surface area contributed by atoms with Crippen molar-refractivity contribution >= 4 is 17.3 Å². The SMILES string of the molecule is CCOc1ccc(Oc2cc(NC(=O)c3c(-c4ccccc4)nn(-c4ccccc4)c3C)cc([N+](=O)[O-])c2)cc1. The number of rotatable bonds is 9. The zero-order chi connectivity index (χ0) is 28.1. The molecule has 0 radical (unpaired) electrons. The maximum atomic E-state index is 13.7. The van der Waals surface area contributed by atoms with E-state index in [0.29, 0.717) is 35.1 Å². The molecule has 5 rings (SSSR count). The lowest BCUT2D eigenvalue weighted by Crippen LogP contribution is -2.14. The molecule has 0 fully saturated rings. The van der Waals surface area contributed by atoms with E-state index in [9.17, 15) is 14.9 Å². The summed E-state index contributed by atoms with van der Waals surface area (Å²) >= 11 is 0. The fraction of sp³-hybridized carbons (Fsp3) is 0.0968. The van der Waals surface area contributed by atoms with Crippen molar-refractivity contribution in [1.82, 2.24) is 9.78 Å². The Labute approximate surface area is 230 Å². The zero-order valence-electron chi connectivity index (χ0n) is 21.9. The summed E-state index contributed by atoms with van der Waals surface area (Å²) in [6.45, 7) is 4.24. The van der Waals surface area contributed by atoms with Gasteiger partial charge in [0.2, 0.25) is 0 Å². The van der Waals surface area contributed by atoms with Crippen LogP contribution in [0.5, 0.6) is 17.2 Å². The second kappa shape index (κ2) is 11.5. The Morgan fingerprint density at radius 2 is 1.55 bits per heavy atom. The minimum atomic E-state index is -0.533. The van der Waals surface area contributed by atoms with Crippen LogP contribution in [-0.2, 0) is 0 Å². The van der Waals surface area contributed by atoms with Gasteiger partial charge in [0.1, 0.15) is 22.9 Å². The number of carbonyl (C=O) groups is 1. The van der Waals surface area contributed by atoms with Gasteiger partial charge in [0.15, 0.2) is 0 Å². The van der Waals surface area contributed by atoms with Crippen LogP contribution in [0.4, 0.5) is 11.4 Å². The predicted octanol–water partition coefficient (Wildman–Crippen LogP) is 7.20. The summed E-state index contributed by atoms with van der Waals surface area (Å²) in [7, 11) is 0. The lowest BCUT2D eigenvalue weighted by atomic mass is 10.1. The van der Waals surface area contributed by atoms with Crippen LogP contribution in [0.1, 0.15) is 23.0 Å². The first-order valence-electron chi connectivity index (χ1n) is 12.6. The van der Waals surface area contributed by atoms with Crippen molar-refractivity contribution in [3.63, 3.8) is 0 Å². The monoisotopic (exact) mass is 534 g/mol. The topological polar surface area (TPSA) is 109 Å². The lowest BCUT2D eigenvalue weighted by Gasteiger charge is -2.11. The number of hydrogen-bond donors (Lipinski definition) is 1. The summed E-state index contributed by atoms with van der Waals surface area (Å²) in [5, 5.41) is 19.3. The van der Waals surface area contributed by atoms with Gasteiger partial charge in [-0.2, -0.15) is 5.10 Å². The molecule has 0 saturated heterocycles. The van der Waals surface area contributed by atoms with E-state index in [1.165, 1.54) is 12.1 Å². The van der Waals surface area contributed by atoms with Gasteiger partial charge in [-0.15, -0.1) is 0 Å². The van der Waals surface area contributed by atoms with Gasteiger partial charge >= 0.3 is 0 Å². The van der Waals surface area contributed by atoms with Crippen LogP contribution in [0.15, 0.2) is 103 Å². The van der Waals surface area contributed by atoms with Crippen LogP contribution in [0, 0.1) is 17.0 Å². The van der Waals surface area contributed by atoms with E-state index in [2.05, 4.69) is 5.32 Å². The summed E-state index contributed by atoms with van der Waals surface area (Å²) in [5.74, 6) is 0.898. The third-order valence-electron chi connectivity index (χ3n) is 6.12. The molecule has 0 unspecified atom stereocenters. The largest absolute Gasteiger partial charge is 0.494 e. The first-order valence-corrected chi connectivity index (χ1v) is 12.6. The first kappa shape index (κ1) is 26.2. The number of nitro benzene ring substituents is 1. The van der Waals surface area contributed by atoms with E-state index in [1.54, 1.807) is 35.0 Å². The van der Waals surface area contributed by atoms with Gasteiger partial charge in [0.05, 0.1) is 40.2 Å².